The van der Waals surface area contributed by atoms with Crippen molar-refractivity contribution >= 4 is 5.82 Å². The van der Waals surface area contributed by atoms with E-state index in [2.05, 4.69) is 28.2 Å². The van der Waals surface area contributed by atoms with Crippen molar-refractivity contribution in [1.29, 1.82) is 0 Å². The van der Waals surface area contributed by atoms with Crippen LogP contribution in [0.1, 0.15) is 31.7 Å². The Bertz CT molecular complexity index is 383. The molecular formula is C15H25N3O. The molecular weight excluding hydrogens is 238 g/mol. The van der Waals surface area contributed by atoms with E-state index >= 15 is 0 Å². The maximum absolute atomic E-state index is 9.34. The largest absolute Gasteiger partial charge is 0.396 e. The van der Waals surface area contributed by atoms with E-state index in [-0.39, 0.29) is 6.61 Å². The Labute approximate surface area is 115 Å². The van der Waals surface area contributed by atoms with Crippen molar-refractivity contribution in [2.75, 3.05) is 31.1 Å². The fraction of sp³-hybridized carbons (Fsp3) is 0.667. The minimum Gasteiger partial charge on any atom is -0.396 e. The summed E-state index contributed by atoms with van der Waals surface area (Å²) in [6.45, 7) is 6.34. The number of nitrogens with zero attached hydrogens (tertiary/aromatic N) is 2. The lowest BCUT2D eigenvalue weighted by Gasteiger charge is -2.33. The van der Waals surface area contributed by atoms with Crippen molar-refractivity contribution in [2.24, 2.45) is 5.92 Å². The normalized spacial score (nSPS) is 19.7. The minimum absolute atomic E-state index is 0.284. The van der Waals surface area contributed by atoms with Crippen LogP contribution in [0, 0.1) is 5.92 Å². The van der Waals surface area contributed by atoms with E-state index in [1.807, 2.05) is 12.3 Å². The van der Waals surface area contributed by atoms with Crippen molar-refractivity contribution in [1.82, 2.24) is 10.3 Å². The third kappa shape index (κ3) is 3.91. The van der Waals surface area contributed by atoms with Crippen molar-refractivity contribution in [3.05, 3.63) is 23.9 Å². The van der Waals surface area contributed by atoms with Gasteiger partial charge in [0.1, 0.15) is 5.82 Å². The molecule has 0 radical (unpaired) electrons. The van der Waals surface area contributed by atoms with Crippen LogP contribution in [-0.4, -0.2) is 36.3 Å². The summed E-state index contributed by atoms with van der Waals surface area (Å²) in [6.07, 6.45) is 5.28. The van der Waals surface area contributed by atoms with Gasteiger partial charge in [0.15, 0.2) is 0 Å². The molecule has 4 nitrogen and oxygen atoms in total. The number of rotatable bonds is 6. The van der Waals surface area contributed by atoms with Gasteiger partial charge in [0.2, 0.25) is 0 Å². The Balaban J connectivity index is 2.05. The molecule has 1 fully saturated rings. The summed E-state index contributed by atoms with van der Waals surface area (Å²) in [4.78, 5) is 6.88. The first-order valence-corrected chi connectivity index (χ1v) is 7.35. The van der Waals surface area contributed by atoms with Gasteiger partial charge in [-0.2, -0.15) is 0 Å². The Kier molecular flexibility index (Phi) is 5.61. The molecule has 1 saturated heterocycles. The summed E-state index contributed by atoms with van der Waals surface area (Å²) < 4.78 is 0. The zero-order valence-electron chi connectivity index (χ0n) is 11.8. The second-order valence-corrected chi connectivity index (χ2v) is 5.30. The lowest BCUT2D eigenvalue weighted by molar-refractivity contribution is 0.208. The number of hydrogen-bond donors (Lipinski definition) is 2. The predicted molar refractivity (Wildman–Crippen MR) is 78.3 cm³/mol. The molecule has 19 heavy (non-hydrogen) atoms. The van der Waals surface area contributed by atoms with Crippen molar-refractivity contribution < 1.29 is 5.11 Å². The summed E-state index contributed by atoms with van der Waals surface area (Å²) in [5, 5.41) is 12.8. The van der Waals surface area contributed by atoms with Crippen LogP contribution in [0.3, 0.4) is 0 Å². The second kappa shape index (κ2) is 7.46. The monoisotopic (exact) mass is 263 g/mol. The van der Waals surface area contributed by atoms with Gasteiger partial charge in [-0.15, -0.1) is 0 Å². The van der Waals surface area contributed by atoms with E-state index < -0.39 is 0 Å². The summed E-state index contributed by atoms with van der Waals surface area (Å²) in [6, 6.07) is 4.15. The molecule has 0 bridgehead atoms. The second-order valence-electron chi connectivity index (χ2n) is 5.30. The van der Waals surface area contributed by atoms with Gasteiger partial charge in [-0.1, -0.05) is 13.0 Å². The molecule has 1 aliphatic rings. The van der Waals surface area contributed by atoms with E-state index in [9.17, 15) is 5.11 Å². The van der Waals surface area contributed by atoms with E-state index in [4.69, 9.17) is 0 Å². The SMILES string of the molecule is CCCNCc1cccnc1N1CCCC(CO)C1. The average molecular weight is 263 g/mol. The van der Waals surface area contributed by atoms with Crippen molar-refractivity contribution in [2.45, 2.75) is 32.7 Å². The van der Waals surface area contributed by atoms with Crippen molar-refractivity contribution in [3.63, 3.8) is 0 Å². The van der Waals surface area contributed by atoms with E-state index in [1.165, 1.54) is 5.56 Å². The third-order valence-electron chi connectivity index (χ3n) is 3.69. The Hall–Kier alpha value is -1.13. The molecule has 2 N–H and O–H groups in total. The predicted octanol–water partition coefficient (Wildman–Crippen LogP) is 1.79. The maximum Gasteiger partial charge on any atom is 0.133 e. The molecule has 1 aromatic heterocycles. The van der Waals surface area contributed by atoms with Crippen LogP contribution in [0.4, 0.5) is 5.82 Å². The number of aliphatic hydroxyl groups excluding tert-OH is 1. The first kappa shape index (κ1) is 14.3. The zero-order valence-corrected chi connectivity index (χ0v) is 11.8. The van der Waals surface area contributed by atoms with Gasteiger partial charge < -0.3 is 15.3 Å². The Morgan fingerprint density at radius 2 is 2.42 bits per heavy atom. The molecule has 2 heterocycles. The molecule has 0 aromatic carbocycles. The highest BCUT2D eigenvalue weighted by atomic mass is 16.3. The van der Waals surface area contributed by atoms with Crippen molar-refractivity contribution in [3.8, 4) is 0 Å². The highest BCUT2D eigenvalue weighted by Crippen LogP contribution is 2.24. The molecule has 1 unspecified atom stereocenters. The summed E-state index contributed by atoms with van der Waals surface area (Å²) in [5.41, 5.74) is 1.26. The fourth-order valence-electron chi connectivity index (χ4n) is 2.66. The molecule has 4 heteroatoms. The number of piperidine rings is 1. The first-order chi connectivity index (χ1) is 9.35. The van der Waals surface area contributed by atoms with Crippen LogP contribution >= 0.6 is 0 Å². The number of pyridine rings is 1. The van der Waals surface area contributed by atoms with Gasteiger partial charge in [0.25, 0.3) is 0 Å². The number of aliphatic hydroxyl groups is 1. The first-order valence-electron chi connectivity index (χ1n) is 7.35. The molecule has 1 aliphatic heterocycles. The van der Waals surface area contributed by atoms with Crippen LogP contribution in [-0.2, 0) is 6.54 Å². The van der Waals surface area contributed by atoms with E-state index in [0.29, 0.717) is 5.92 Å². The molecule has 0 saturated carbocycles. The summed E-state index contributed by atoms with van der Waals surface area (Å²) >= 11 is 0. The lowest BCUT2D eigenvalue weighted by Crippen LogP contribution is -2.38. The van der Waals surface area contributed by atoms with Crippen LogP contribution in [0.5, 0.6) is 0 Å². The molecule has 0 spiro atoms. The van der Waals surface area contributed by atoms with Crippen LogP contribution in [0.25, 0.3) is 0 Å². The number of anilines is 1. The standard InChI is InChI=1S/C15H25N3O/c1-2-7-16-10-14-6-3-8-17-15(14)18-9-4-5-13(11-18)12-19/h3,6,8,13,16,19H,2,4-5,7,9-12H2,1H3. The third-order valence-corrected chi connectivity index (χ3v) is 3.69. The van der Waals surface area contributed by atoms with E-state index in [0.717, 1.165) is 51.3 Å². The quantitative estimate of drug-likeness (QED) is 0.768. The van der Waals surface area contributed by atoms with Crippen LogP contribution in [0.2, 0.25) is 0 Å². The zero-order chi connectivity index (χ0) is 13.5. The van der Waals surface area contributed by atoms with Gasteiger partial charge >= 0.3 is 0 Å². The number of hydrogen-bond acceptors (Lipinski definition) is 4. The fourth-order valence-corrected chi connectivity index (χ4v) is 2.66. The Morgan fingerprint density at radius 1 is 1.53 bits per heavy atom. The van der Waals surface area contributed by atoms with Gasteiger partial charge in [-0.25, -0.2) is 4.98 Å². The van der Waals surface area contributed by atoms with Gasteiger partial charge in [0, 0.05) is 38.0 Å². The summed E-state index contributed by atoms with van der Waals surface area (Å²) in [7, 11) is 0. The van der Waals surface area contributed by atoms with Gasteiger partial charge in [-0.05, 0) is 37.8 Å². The number of aromatic nitrogens is 1. The van der Waals surface area contributed by atoms with E-state index in [1.54, 1.807) is 0 Å². The molecule has 1 aromatic rings. The minimum atomic E-state index is 0.284. The van der Waals surface area contributed by atoms with Gasteiger partial charge in [0.05, 0.1) is 0 Å². The van der Waals surface area contributed by atoms with Crippen LogP contribution < -0.4 is 10.2 Å². The highest BCUT2D eigenvalue weighted by molar-refractivity contribution is 5.47. The molecule has 2 rings (SSSR count). The molecule has 106 valence electrons. The average Bonchev–Trinajstić information content (AvgIpc) is 2.48. The maximum atomic E-state index is 9.34. The topological polar surface area (TPSA) is 48.4 Å². The van der Waals surface area contributed by atoms with Gasteiger partial charge in [-0.3, -0.25) is 0 Å². The number of nitrogens with one attached hydrogen (secondary N) is 1. The Morgan fingerprint density at radius 3 is 3.21 bits per heavy atom. The molecule has 0 amide bonds. The smallest absolute Gasteiger partial charge is 0.133 e. The van der Waals surface area contributed by atoms with Crippen LogP contribution in [0.15, 0.2) is 18.3 Å². The summed E-state index contributed by atoms with van der Waals surface area (Å²) in [5.74, 6) is 1.48. The highest BCUT2D eigenvalue weighted by Gasteiger charge is 2.21. The lowest BCUT2D eigenvalue weighted by atomic mass is 9.98. The molecule has 0 aliphatic carbocycles. The molecule has 1 atom stereocenters.